The second-order valence-electron chi connectivity index (χ2n) is 3.13. The van der Waals surface area contributed by atoms with Crippen LogP contribution in [0.4, 0.5) is 0 Å². The van der Waals surface area contributed by atoms with Gasteiger partial charge in [-0.2, -0.15) is 0 Å². The van der Waals surface area contributed by atoms with Crippen LogP contribution in [0, 0.1) is 0 Å². The topological polar surface area (TPSA) is 33.3 Å². The molecule has 0 saturated heterocycles. The minimum Gasteiger partial charge on any atom is -0.497 e. The molecule has 1 rings (SSSR count). The molecule has 0 aliphatic heterocycles. The number of nitrogens with one attached hydrogen (secondary N) is 2. The van der Waals surface area contributed by atoms with Gasteiger partial charge < -0.3 is 4.74 Å². The van der Waals surface area contributed by atoms with Gasteiger partial charge in [-0.25, -0.2) is 0 Å². The van der Waals surface area contributed by atoms with E-state index in [2.05, 4.69) is 23.0 Å². The Morgan fingerprint density at radius 2 is 1.75 bits per heavy atom. The summed E-state index contributed by atoms with van der Waals surface area (Å²) in [5.74, 6) is 0.919. The largest absolute Gasteiger partial charge is 0.497 e. The Morgan fingerprint density at radius 1 is 1.12 bits per heavy atom. The third-order valence-corrected chi connectivity index (χ3v) is 2.10. The maximum Gasteiger partial charge on any atom is 0.118 e. The highest BCUT2D eigenvalue weighted by atomic mass is 35.5. The molecule has 0 aromatic heterocycles. The van der Waals surface area contributed by atoms with Crippen LogP contribution in [0.15, 0.2) is 24.3 Å². The summed E-state index contributed by atoms with van der Waals surface area (Å²) in [6, 6.07) is 8.22. The fourth-order valence-corrected chi connectivity index (χ4v) is 1.30. The number of rotatable bonds is 6. The Bertz CT molecular complexity index is 255. The first-order valence-corrected chi connectivity index (χ1v) is 4.89. The maximum absolute atomic E-state index is 5.09. The lowest BCUT2D eigenvalue weighted by molar-refractivity contribution is 0.414. The van der Waals surface area contributed by atoms with Gasteiger partial charge in [0.2, 0.25) is 0 Å². The minimum atomic E-state index is 0. The van der Waals surface area contributed by atoms with Crippen LogP contribution in [0.3, 0.4) is 0 Å². The molecular weight excluding hydrogens is 247 g/mol. The van der Waals surface area contributed by atoms with Crippen LogP contribution in [-0.2, 0) is 6.42 Å². The first-order valence-electron chi connectivity index (χ1n) is 4.89. The Hall–Kier alpha value is -0.480. The second kappa shape index (κ2) is 11.0. The quantitative estimate of drug-likeness (QED) is 0.612. The van der Waals surface area contributed by atoms with Crippen LogP contribution in [0.25, 0.3) is 0 Å². The van der Waals surface area contributed by atoms with E-state index in [0.29, 0.717) is 0 Å². The van der Waals surface area contributed by atoms with E-state index in [9.17, 15) is 0 Å². The van der Waals surface area contributed by atoms with Gasteiger partial charge in [0.25, 0.3) is 0 Å². The summed E-state index contributed by atoms with van der Waals surface area (Å²) in [4.78, 5) is 0. The van der Waals surface area contributed by atoms with Gasteiger partial charge in [0.15, 0.2) is 0 Å². The Labute approximate surface area is 110 Å². The van der Waals surface area contributed by atoms with E-state index in [1.165, 1.54) is 5.56 Å². The van der Waals surface area contributed by atoms with Gasteiger partial charge in [0, 0.05) is 6.54 Å². The maximum atomic E-state index is 5.09. The van der Waals surface area contributed by atoms with Crippen molar-refractivity contribution in [3.8, 4) is 5.75 Å². The molecule has 0 saturated carbocycles. The van der Waals surface area contributed by atoms with Crippen LogP contribution in [0.1, 0.15) is 12.0 Å². The lowest BCUT2D eigenvalue weighted by atomic mass is 10.1. The Kier molecular flexibility index (Phi) is 12.3. The zero-order chi connectivity index (χ0) is 10.2. The summed E-state index contributed by atoms with van der Waals surface area (Å²) < 4.78 is 5.09. The summed E-state index contributed by atoms with van der Waals surface area (Å²) in [5.41, 5.74) is 7.32. The fourth-order valence-electron chi connectivity index (χ4n) is 1.30. The average Bonchev–Trinajstić information content (AvgIpc) is 2.25. The van der Waals surface area contributed by atoms with Crippen LogP contribution in [0.2, 0.25) is 0 Å². The lowest BCUT2D eigenvalue weighted by Crippen LogP contribution is -2.28. The molecule has 0 aliphatic rings. The number of halogens is 2. The van der Waals surface area contributed by atoms with Gasteiger partial charge in [-0.15, -0.1) is 24.8 Å². The number of benzene rings is 1. The van der Waals surface area contributed by atoms with Crippen molar-refractivity contribution in [2.75, 3.05) is 20.7 Å². The molecule has 0 atom stereocenters. The molecule has 0 bridgehead atoms. The standard InChI is InChI=1S/C11H18N2O.2ClH/c1-12-13-9-3-4-10-5-7-11(14-2)8-6-10;;/h5-8,12-13H,3-4,9H2,1-2H3;2*1H. The number of hydrazine groups is 1. The molecule has 0 fully saturated rings. The molecule has 0 unspecified atom stereocenters. The van der Waals surface area contributed by atoms with Crippen molar-refractivity contribution >= 4 is 24.8 Å². The molecule has 0 aliphatic carbocycles. The van der Waals surface area contributed by atoms with E-state index >= 15 is 0 Å². The van der Waals surface area contributed by atoms with Gasteiger partial charge >= 0.3 is 0 Å². The van der Waals surface area contributed by atoms with Gasteiger partial charge in [-0.1, -0.05) is 12.1 Å². The van der Waals surface area contributed by atoms with Crippen molar-refractivity contribution in [1.29, 1.82) is 0 Å². The molecule has 2 N–H and O–H groups in total. The molecule has 0 heterocycles. The number of hydrogen-bond acceptors (Lipinski definition) is 3. The van der Waals surface area contributed by atoms with Crippen LogP contribution in [0.5, 0.6) is 5.75 Å². The molecule has 0 amide bonds. The number of ether oxygens (including phenoxy) is 1. The lowest BCUT2D eigenvalue weighted by Gasteiger charge is -2.04. The van der Waals surface area contributed by atoms with E-state index in [1.807, 2.05) is 19.2 Å². The predicted octanol–water partition coefficient (Wildman–Crippen LogP) is 2.20. The third-order valence-electron chi connectivity index (χ3n) is 2.10. The molecular formula is C11H20Cl2N2O. The van der Waals surface area contributed by atoms with Gasteiger partial charge in [-0.05, 0) is 37.6 Å². The van der Waals surface area contributed by atoms with Gasteiger partial charge in [-0.3, -0.25) is 10.9 Å². The van der Waals surface area contributed by atoms with Crippen molar-refractivity contribution in [1.82, 2.24) is 10.9 Å². The van der Waals surface area contributed by atoms with Crippen LogP contribution in [-0.4, -0.2) is 20.7 Å². The van der Waals surface area contributed by atoms with Gasteiger partial charge in [0.1, 0.15) is 5.75 Å². The van der Waals surface area contributed by atoms with Crippen molar-refractivity contribution in [3.63, 3.8) is 0 Å². The molecule has 0 spiro atoms. The zero-order valence-corrected chi connectivity index (χ0v) is 11.3. The van der Waals surface area contributed by atoms with Crippen LogP contribution >= 0.6 is 24.8 Å². The fraction of sp³-hybridized carbons (Fsp3) is 0.455. The molecule has 16 heavy (non-hydrogen) atoms. The first-order chi connectivity index (χ1) is 6.86. The highest BCUT2D eigenvalue weighted by Crippen LogP contribution is 2.12. The highest BCUT2D eigenvalue weighted by molar-refractivity contribution is 5.85. The normalized spacial score (nSPS) is 8.88. The first kappa shape index (κ1) is 17.9. The summed E-state index contributed by atoms with van der Waals surface area (Å²) in [7, 11) is 3.57. The van der Waals surface area contributed by atoms with Crippen molar-refractivity contribution in [2.45, 2.75) is 12.8 Å². The molecule has 1 aromatic carbocycles. The summed E-state index contributed by atoms with van der Waals surface area (Å²) in [6.07, 6.45) is 2.23. The molecule has 5 heteroatoms. The van der Waals surface area contributed by atoms with Crippen molar-refractivity contribution in [3.05, 3.63) is 29.8 Å². The van der Waals surface area contributed by atoms with Crippen molar-refractivity contribution in [2.24, 2.45) is 0 Å². The smallest absolute Gasteiger partial charge is 0.118 e. The summed E-state index contributed by atoms with van der Waals surface area (Å²) >= 11 is 0. The van der Waals surface area contributed by atoms with E-state index in [1.54, 1.807) is 7.11 Å². The molecule has 3 nitrogen and oxygen atoms in total. The van der Waals surface area contributed by atoms with E-state index < -0.39 is 0 Å². The van der Waals surface area contributed by atoms with E-state index in [4.69, 9.17) is 4.74 Å². The third kappa shape index (κ3) is 6.90. The second-order valence-corrected chi connectivity index (χ2v) is 3.13. The molecule has 94 valence electrons. The summed E-state index contributed by atoms with van der Waals surface area (Å²) in [5, 5.41) is 0. The molecule has 1 aromatic rings. The van der Waals surface area contributed by atoms with E-state index in [0.717, 1.165) is 25.1 Å². The molecule has 0 radical (unpaired) electrons. The minimum absolute atomic E-state index is 0. The zero-order valence-electron chi connectivity index (χ0n) is 9.66. The number of aryl methyl sites for hydroxylation is 1. The average molecular weight is 267 g/mol. The number of hydrogen-bond donors (Lipinski definition) is 2. The SMILES string of the molecule is CNNCCCc1ccc(OC)cc1.Cl.Cl. The predicted molar refractivity (Wildman–Crippen MR) is 72.9 cm³/mol. The van der Waals surface area contributed by atoms with Gasteiger partial charge in [0.05, 0.1) is 7.11 Å². The number of methoxy groups -OCH3 is 1. The van der Waals surface area contributed by atoms with Crippen LogP contribution < -0.4 is 15.6 Å². The highest BCUT2D eigenvalue weighted by Gasteiger charge is 1.94. The van der Waals surface area contributed by atoms with E-state index in [-0.39, 0.29) is 24.8 Å². The Morgan fingerprint density at radius 3 is 2.25 bits per heavy atom. The van der Waals surface area contributed by atoms with Crippen molar-refractivity contribution < 1.29 is 4.74 Å². The Balaban J connectivity index is 0. The monoisotopic (exact) mass is 266 g/mol. The summed E-state index contributed by atoms with van der Waals surface area (Å²) in [6.45, 7) is 0.989.